The number of Topliss-reactive ketones (excluding diaryl/α,β-unsaturated/α-hetero) is 3. The summed E-state index contributed by atoms with van der Waals surface area (Å²) >= 11 is 2.99. The lowest BCUT2D eigenvalue weighted by Crippen LogP contribution is -2.44. The minimum atomic E-state index is -1.11. The van der Waals surface area contributed by atoms with Crippen LogP contribution in [-0.4, -0.2) is 22.7 Å². The molecule has 0 aromatic carbocycles. The third-order valence-corrected chi connectivity index (χ3v) is 3.13. The summed E-state index contributed by atoms with van der Waals surface area (Å²) in [5, 5.41) is 0.0402. The van der Waals surface area contributed by atoms with Crippen LogP contribution in [0.4, 0.5) is 0 Å². The number of hydrogen-bond acceptors (Lipinski definition) is 3. The van der Waals surface area contributed by atoms with Gasteiger partial charge in [-0.2, -0.15) is 0 Å². The Bertz CT molecular complexity index is 366. The molecule has 1 aliphatic rings. The van der Waals surface area contributed by atoms with E-state index in [0.29, 0.717) is 5.57 Å². The normalized spacial score (nSPS) is 25.1. The highest BCUT2D eigenvalue weighted by Crippen LogP contribution is 2.32. The number of carbonyl (C=O) groups excluding carboxylic acids is 3. The van der Waals surface area contributed by atoms with E-state index in [9.17, 15) is 14.4 Å². The summed E-state index contributed by atoms with van der Waals surface area (Å²) in [5.41, 5.74) is -0.223. The van der Waals surface area contributed by atoms with Crippen molar-refractivity contribution in [2.45, 2.75) is 20.8 Å². The maximum atomic E-state index is 11.9. The van der Waals surface area contributed by atoms with Crippen molar-refractivity contribution in [1.29, 1.82) is 0 Å². The number of carbonyl (C=O) groups is 3. The summed E-state index contributed by atoms with van der Waals surface area (Å²) < 4.78 is 0. The van der Waals surface area contributed by atoms with Crippen LogP contribution in [0.15, 0.2) is 11.6 Å². The zero-order valence-electron chi connectivity index (χ0n) is 8.96. The first-order chi connectivity index (χ1) is 6.81. The lowest BCUT2D eigenvalue weighted by Gasteiger charge is -2.29. The van der Waals surface area contributed by atoms with Crippen molar-refractivity contribution in [2.75, 3.05) is 5.33 Å². The van der Waals surface area contributed by atoms with Gasteiger partial charge in [0.05, 0.1) is 5.33 Å². The highest BCUT2D eigenvalue weighted by atomic mass is 79.9. The molecule has 0 aliphatic heterocycles. The topological polar surface area (TPSA) is 51.2 Å². The number of alkyl halides is 1. The van der Waals surface area contributed by atoms with Gasteiger partial charge in [0.15, 0.2) is 17.3 Å². The molecule has 0 fully saturated rings. The molecule has 82 valence electrons. The van der Waals surface area contributed by atoms with Crippen molar-refractivity contribution >= 4 is 33.3 Å². The summed E-state index contributed by atoms with van der Waals surface area (Å²) in [4.78, 5) is 35.1. The van der Waals surface area contributed by atoms with E-state index in [4.69, 9.17) is 0 Å². The minimum Gasteiger partial charge on any atom is -0.297 e. The first-order valence-electron chi connectivity index (χ1n) is 4.68. The molecule has 0 heterocycles. The van der Waals surface area contributed by atoms with Gasteiger partial charge in [-0.15, -0.1) is 0 Å². The molecule has 1 unspecified atom stereocenters. The molecule has 0 spiro atoms. The Kier molecular flexibility index (Phi) is 3.28. The number of halogens is 1. The lowest BCUT2D eigenvalue weighted by molar-refractivity contribution is -0.141. The largest absolute Gasteiger partial charge is 0.297 e. The number of hydrogen-bond donors (Lipinski definition) is 0. The Balaban J connectivity index is 3.21. The van der Waals surface area contributed by atoms with Gasteiger partial charge >= 0.3 is 0 Å². The lowest BCUT2D eigenvalue weighted by atomic mass is 9.71. The van der Waals surface area contributed by atoms with Gasteiger partial charge in [0.1, 0.15) is 5.92 Å². The second kappa shape index (κ2) is 4.00. The van der Waals surface area contributed by atoms with E-state index < -0.39 is 11.3 Å². The van der Waals surface area contributed by atoms with Gasteiger partial charge in [0.2, 0.25) is 0 Å². The fourth-order valence-corrected chi connectivity index (χ4v) is 2.10. The fourth-order valence-electron chi connectivity index (χ4n) is 1.77. The molecule has 4 heteroatoms. The van der Waals surface area contributed by atoms with Crippen LogP contribution < -0.4 is 0 Å². The number of allylic oxidation sites excluding steroid dienone is 2. The van der Waals surface area contributed by atoms with Crippen LogP contribution in [0.2, 0.25) is 0 Å². The Hall–Kier alpha value is -0.770. The van der Waals surface area contributed by atoms with Gasteiger partial charge in [0, 0.05) is 5.41 Å². The first-order valence-corrected chi connectivity index (χ1v) is 5.80. The molecule has 15 heavy (non-hydrogen) atoms. The molecule has 0 N–H and O–H groups in total. The Morgan fingerprint density at radius 1 is 1.47 bits per heavy atom. The van der Waals surface area contributed by atoms with Gasteiger partial charge in [-0.1, -0.05) is 22.0 Å². The maximum Gasteiger partial charge on any atom is 0.176 e. The van der Waals surface area contributed by atoms with Crippen LogP contribution in [0, 0.1) is 11.3 Å². The summed E-state index contributed by atoms with van der Waals surface area (Å²) in [6.07, 6.45) is 1.63. The Morgan fingerprint density at radius 3 is 2.47 bits per heavy atom. The van der Waals surface area contributed by atoms with Crippen molar-refractivity contribution in [3.8, 4) is 0 Å². The molecule has 1 rings (SSSR count). The second-order valence-corrected chi connectivity index (χ2v) is 4.87. The molecule has 0 saturated carbocycles. The molecule has 0 saturated heterocycles. The fraction of sp³-hybridized carbons (Fsp3) is 0.545. The molecule has 0 aromatic rings. The third kappa shape index (κ3) is 2.09. The quantitative estimate of drug-likeness (QED) is 0.568. The monoisotopic (exact) mass is 272 g/mol. The van der Waals surface area contributed by atoms with Gasteiger partial charge in [-0.05, 0) is 26.3 Å². The van der Waals surface area contributed by atoms with E-state index in [1.165, 1.54) is 0 Å². The summed E-state index contributed by atoms with van der Waals surface area (Å²) in [5.74, 6) is -2.12. The van der Waals surface area contributed by atoms with Crippen LogP contribution >= 0.6 is 15.9 Å². The summed E-state index contributed by atoms with van der Waals surface area (Å²) in [6, 6.07) is 0. The van der Waals surface area contributed by atoms with E-state index >= 15 is 0 Å². The minimum absolute atomic E-state index is 0.0402. The molecule has 1 atom stereocenters. The molecule has 0 bridgehead atoms. The first kappa shape index (κ1) is 12.3. The average Bonchev–Trinajstić information content (AvgIpc) is 2.14. The van der Waals surface area contributed by atoms with E-state index in [1.807, 2.05) is 0 Å². The summed E-state index contributed by atoms with van der Waals surface area (Å²) in [7, 11) is 0. The predicted molar refractivity (Wildman–Crippen MR) is 59.8 cm³/mol. The van der Waals surface area contributed by atoms with Crippen molar-refractivity contribution in [3.63, 3.8) is 0 Å². The van der Waals surface area contributed by atoms with E-state index in [-0.39, 0.29) is 22.7 Å². The molecule has 0 radical (unpaired) electrons. The Labute approximate surface area is 97.0 Å². The van der Waals surface area contributed by atoms with Crippen molar-refractivity contribution in [2.24, 2.45) is 11.3 Å². The van der Waals surface area contributed by atoms with Crippen LogP contribution in [0.1, 0.15) is 20.8 Å². The van der Waals surface area contributed by atoms with Gasteiger partial charge < -0.3 is 0 Å². The molecule has 3 nitrogen and oxygen atoms in total. The number of ketones is 3. The van der Waals surface area contributed by atoms with E-state index in [0.717, 1.165) is 0 Å². The van der Waals surface area contributed by atoms with Gasteiger partial charge in [-0.3, -0.25) is 14.4 Å². The molecule has 0 aromatic heterocycles. The maximum absolute atomic E-state index is 11.9. The van der Waals surface area contributed by atoms with E-state index in [2.05, 4.69) is 15.9 Å². The highest BCUT2D eigenvalue weighted by molar-refractivity contribution is 9.09. The van der Waals surface area contributed by atoms with Crippen LogP contribution in [0.3, 0.4) is 0 Å². The third-order valence-electron chi connectivity index (χ3n) is 2.58. The summed E-state index contributed by atoms with van der Waals surface area (Å²) in [6.45, 7) is 5.09. The second-order valence-electron chi connectivity index (χ2n) is 4.31. The molecule has 1 aliphatic carbocycles. The van der Waals surface area contributed by atoms with Crippen LogP contribution in [-0.2, 0) is 14.4 Å². The SMILES string of the molecule is CC1=CC(C)(C)C(=O)C(C(=O)CBr)C1=O. The van der Waals surface area contributed by atoms with Crippen LogP contribution in [0.5, 0.6) is 0 Å². The van der Waals surface area contributed by atoms with Gasteiger partial charge in [-0.25, -0.2) is 0 Å². The van der Waals surface area contributed by atoms with Crippen molar-refractivity contribution in [3.05, 3.63) is 11.6 Å². The molecular weight excluding hydrogens is 260 g/mol. The van der Waals surface area contributed by atoms with Gasteiger partial charge in [0.25, 0.3) is 0 Å². The van der Waals surface area contributed by atoms with Crippen LogP contribution in [0.25, 0.3) is 0 Å². The highest BCUT2D eigenvalue weighted by Gasteiger charge is 2.44. The van der Waals surface area contributed by atoms with Crippen molar-refractivity contribution in [1.82, 2.24) is 0 Å². The van der Waals surface area contributed by atoms with E-state index in [1.54, 1.807) is 26.8 Å². The molecular formula is C11H13BrO3. The average molecular weight is 273 g/mol. The Morgan fingerprint density at radius 2 is 2.00 bits per heavy atom. The standard InChI is InChI=1S/C11H13BrO3/c1-6-4-11(2,3)10(15)8(9(6)14)7(13)5-12/h4,8H,5H2,1-3H3. The molecule has 0 amide bonds. The smallest absolute Gasteiger partial charge is 0.176 e. The van der Waals surface area contributed by atoms with Crippen molar-refractivity contribution < 1.29 is 14.4 Å². The number of rotatable bonds is 2. The predicted octanol–water partition coefficient (Wildman–Crippen LogP) is 1.69. The zero-order valence-corrected chi connectivity index (χ0v) is 10.6. The zero-order chi connectivity index (χ0) is 11.8.